The highest BCUT2D eigenvalue weighted by molar-refractivity contribution is 8.00. The van der Waals surface area contributed by atoms with Crippen LogP contribution in [0.4, 0.5) is 5.69 Å². The molecular formula is C37H31N3O5S2. The Bertz CT molecular complexity index is 1930. The number of nitrogens with zero attached hydrogens (tertiary/aromatic N) is 2. The lowest BCUT2D eigenvalue weighted by atomic mass is 9.98. The second kappa shape index (κ2) is 15.3. The second-order valence-electron chi connectivity index (χ2n) is 10.2. The average Bonchev–Trinajstić information content (AvgIpc) is 3.64. The standard InChI is InChI=1S/C37H31N3O5S2/c1-23(36(42)39-27-14-12-25(13-15-27)32(41)17-16-28-11-8-18-46-28)47-37-30(22-38)29(21-31(40-37)24-9-6-5-7-10-24)26-19-33(43-2)35(45-4)34(20-26)44-3/h5-21,23H,1-4H3,(H,39,42)/b17-16+/t23-/m0/s1. The van der Waals surface area contributed by atoms with E-state index in [-0.39, 0.29) is 11.7 Å². The highest BCUT2D eigenvalue weighted by Gasteiger charge is 2.23. The summed E-state index contributed by atoms with van der Waals surface area (Å²) in [5.41, 5.74) is 4.12. The van der Waals surface area contributed by atoms with Crippen LogP contribution in [0.25, 0.3) is 28.5 Å². The van der Waals surface area contributed by atoms with Gasteiger partial charge in [-0.3, -0.25) is 9.59 Å². The number of ether oxygens (including phenoxy) is 3. The van der Waals surface area contributed by atoms with Gasteiger partial charge in [-0.25, -0.2) is 4.98 Å². The molecule has 0 spiro atoms. The first-order valence-corrected chi connectivity index (χ1v) is 16.3. The first kappa shape index (κ1) is 33.0. The molecule has 0 aliphatic heterocycles. The third-order valence-corrected chi connectivity index (χ3v) is 9.10. The van der Waals surface area contributed by atoms with E-state index in [4.69, 9.17) is 19.2 Å². The summed E-state index contributed by atoms with van der Waals surface area (Å²) in [4.78, 5) is 31.8. The number of pyridine rings is 1. The van der Waals surface area contributed by atoms with Gasteiger partial charge in [-0.2, -0.15) is 5.26 Å². The number of carbonyl (C=O) groups excluding carboxylic acids is 2. The van der Waals surface area contributed by atoms with E-state index in [2.05, 4.69) is 11.4 Å². The van der Waals surface area contributed by atoms with Crippen LogP contribution in [0.1, 0.15) is 27.7 Å². The van der Waals surface area contributed by atoms with Gasteiger partial charge >= 0.3 is 0 Å². The summed E-state index contributed by atoms with van der Waals surface area (Å²) in [7, 11) is 4.59. The lowest BCUT2D eigenvalue weighted by molar-refractivity contribution is -0.115. The molecule has 5 aromatic rings. The van der Waals surface area contributed by atoms with Crippen LogP contribution in [0, 0.1) is 11.3 Å². The fourth-order valence-electron chi connectivity index (χ4n) is 4.76. The number of anilines is 1. The number of nitriles is 1. The van der Waals surface area contributed by atoms with Crippen molar-refractivity contribution in [1.29, 1.82) is 5.26 Å². The Hall–Kier alpha value is -5.37. The van der Waals surface area contributed by atoms with Crippen molar-refractivity contribution in [3.63, 3.8) is 0 Å². The number of aromatic nitrogens is 1. The quantitative estimate of drug-likeness (QED) is 0.0807. The molecule has 0 unspecified atom stereocenters. The minimum absolute atomic E-state index is 0.128. The van der Waals surface area contributed by atoms with Gasteiger partial charge in [0.25, 0.3) is 0 Å². The van der Waals surface area contributed by atoms with Crippen LogP contribution >= 0.6 is 23.1 Å². The van der Waals surface area contributed by atoms with E-state index in [1.54, 1.807) is 60.7 Å². The van der Waals surface area contributed by atoms with Crippen molar-refractivity contribution in [2.75, 3.05) is 26.6 Å². The lowest BCUT2D eigenvalue weighted by Crippen LogP contribution is -2.22. The van der Waals surface area contributed by atoms with Gasteiger partial charge in [0.1, 0.15) is 11.1 Å². The number of ketones is 1. The average molecular weight is 662 g/mol. The zero-order valence-corrected chi connectivity index (χ0v) is 27.8. The Labute approximate surface area is 281 Å². The van der Waals surface area contributed by atoms with Crippen LogP contribution in [-0.4, -0.2) is 43.3 Å². The Morgan fingerprint density at radius 2 is 1.62 bits per heavy atom. The van der Waals surface area contributed by atoms with Gasteiger partial charge in [-0.1, -0.05) is 48.2 Å². The zero-order valence-electron chi connectivity index (χ0n) is 26.1. The molecule has 2 heterocycles. The Morgan fingerprint density at radius 1 is 0.915 bits per heavy atom. The van der Waals surface area contributed by atoms with Crippen LogP contribution < -0.4 is 19.5 Å². The molecular weight excluding hydrogens is 631 g/mol. The van der Waals surface area contributed by atoms with E-state index in [1.165, 1.54) is 39.2 Å². The lowest BCUT2D eigenvalue weighted by Gasteiger charge is -2.18. The summed E-state index contributed by atoms with van der Waals surface area (Å²) >= 11 is 2.74. The number of hydrogen-bond donors (Lipinski definition) is 1. The van der Waals surface area contributed by atoms with Gasteiger partial charge in [-0.05, 0) is 78.6 Å². The molecule has 47 heavy (non-hydrogen) atoms. The fraction of sp³-hybridized carbons (Fsp3) is 0.135. The molecule has 1 atom stereocenters. The van der Waals surface area contributed by atoms with Gasteiger partial charge in [0, 0.05) is 27.3 Å². The van der Waals surface area contributed by atoms with Crippen LogP contribution in [-0.2, 0) is 4.79 Å². The molecule has 3 aromatic carbocycles. The topological polar surface area (TPSA) is 111 Å². The molecule has 0 saturated carbocycles. The highest BCUT2D eigenvalue weighted by Crippen LogP contribution is 2.44. The first-order valence-electron chi connectivity index (χ1n) is 14.5. The largest absolute Gasteiger partial charge is 0.493 e. The van der Waals surface area contributed by atoms with E-state index < -0.39 is 5.25 Å². The molecule has 2 aromatic heterocycles. The third kappa shape index (κ3) is 7.72. The second-order valence-corrected chi connectivity index (χ2v) is 12.5. The molecule has 0 aliphatic rings. The number of allylic oxidation sites excluding steroid dienone is 1. The van der Waals surface area contributed by atoms with Crippen LogP contribution in [0.3, 0.4) is 0 Å². The van der Waals surface area contributed by atoms with Crippen molar-refractivity contribution >= 4 is 46.6 Å². The minimum Gasteiger partial charge on any atom is -0.493 e. The normalized spacial score (nSPS) is 11.5. The Morgan fingerprint density at radius 3 is 2.21 bits per heavy atom. The van der Waals surface area contributed by atoms with Crippen molar-refractivity contribution < 1.29 is 23.8 Å². The van der Waals surface area contributed by atoms with Crippen molar-refractivity contribution in [2.24, 2.45) is 0 Å². The van der Waals surface area contributed by atoms with Crippen molar-refractivity contribution in [3.8, 4) is 45.7 Å². The number of carbonyl (C=O) groups is 2. The van der Waals surface area contributed by atoms with E-state index >= 15 is 0 Å². The number of hydrogen-bond acceptors (Lipinski definition) is 9. The maximum absolute atomic E-state index is 13.3. The number of rotatable bonds is 12. The van der Waals surface area contributed by atoms with Crippen molar-refractivity contribution in [1.82, 2.24) is 4.98 Å². The van der Waals surface area contributed by atoms with Gasteiger partial charge in [-0.15, -0.1) is 11.3 Å². The minimum atomic E-state index is -0.622. The molecule has 8 nitrogen and oxygen atoms in total. The van der Waals surface area contributed by atoms with Gasteiger partial charge in [0.15, 0.2) is 17.3 Å². The Kier molecular flexibility index (Phi) is 10.7. The molecule has 0 aliphatic carbocycles. The van der Waals surface area contributed by atoms with Crippen molar-refractivity contribution in [3.05, 3.63) is 112 Å². The van der Waals surface area contributed by atoms with E-state index in [0.717, 1.165) is 10.4 Å². The highest BCUT2D eigenvalue weighted by atomic mass is 32.2. The molecule has 0 radical (unpaired) electrons. The molecule has 0 fully saturated rings. The maximum atomic E-state index is 13.3. The van der Waals surface area contributed by atoms with Crippen LogP contribution in [0.5, 0.6) is 17.2 Å². The Balaban J connectivity index is 1.43. The monoisotopic (exact) mass is 661 g/mol. The summed E-state index contributed by atoms with van der Waals surface area (Å²) in [6.07, 6.45) is 3.32. The third-order valence-electron chi connectivity index (χ3n) is 7.18. The number of methoxy groups -OCH3 is 3. The van der Waals surface area contributed by atoms with Gasteiger partial charge in [0.05, 0.1) is 37.8 Å². The van der Waals surface area contributed by atoms with Crippen molar-refractivity contribution in [2.45, 2.75) is 17.2 Å². The van der Waals surface area contributed by atoms with Gasteiger partial charge in [0.2, 0.25) is 11.7 Å². The summed E-state index contributed by atoms with van der Waals surface area (Å²) < 4.78 is 16.7. The zero-order chi connectivity index (χ0) is 33.3. The predicted molar refractivity (Wildman–Crippen MR) is 188 cm³/mol. The van der Waals surface area contributed by atoms with Crippen LogP contribution in [0.2, 0.25) is 0 Å². The molecule has 5 rings (SSSR count). The summed E-state index contributed by atoms with van der Waals surface area (Å²) in [5.74, 6) is 0.907. The number of benzene rings is 3. The fourth-order valence-corrected chi connectivity index (χ4v) is 6.30. The molecule has 1 N–H and O–H groups in total. The molecule has 10 heteroatoms. The SMILES string of the molecule is COc1cc(-c2cc(-c3ccccc3)nc(S[C@@H](C)C(=O)Nc3ccc(C(=O)/C=C/c4cccs4)cc3)c2C#N)cc(OC)c1OC. The summed E-state index contributed by atoms with van der Waals surface area (Å²) in [5, 5.41) is 15.0. The van der Waals surface area contributed by atoms with E-state index in [9.17, 15) is 14.9 Å². The number of nitrogens with one attached hydrogen (secondary N) is 1. The molecule has 1 amide bonds. The number of thioether (sulfide) groups is 1. The van der Waals surface area contributed by atoms with Crippen LogP contribution in [0.15, 0.2) is 101 Å². The first-order chi connectivity index (χ1) is 22.8. The molecule has 0 saturated heterocycles. The number of amides is 1. The summed E-state index contributed by atoms with van der Waals surface area (Å²) in [6, 6.07) is 27.9. The smallest absolute Gasteiger partial charge is 0.237 e. The van der Waals surface area contributed by atoms with E-state index in [1.807, 2.05) is 53.9 Å². The summed E-state index contributed by atoms with van der Waals surface area (Å²) in [6.45, 7) is 1.75. The molecule has 0 bridgehead atoms. The number of thiophene rings is 1. The maximum Gasteiger partial charge on any atom is 0.237 e. The predicted octanol–water partition coefficient (Wildman–Crippen LogP) is 8.39. The molecule has 236 valence electrons. The van der Waals surface area contributed by atoms with E-state index in [0.29, 0.717) is 55.9 Å². The van der Waals surface area contributed by atoms with Gasteiger partial charge < -0.3 is 19.5 Å².